The van der Waals surface area contributed by atoms with E-state index >= 15 is 0 Å². The average molecular weight is 298 g/mol. The van der Waals surface area contributed by atoms with Crippen LogP contribution in [0.25, 0.3) is 0 Å². The number of rotatable bonds is 5. The Hall–Kier alpha value is -2.33. The number of aryl methyl sites for hydroxylation is 1. The monoisotopic (exact) mass is 298 g/mol. The van der Waals surface area contributed by atoms with Crippen LogP contribution in [0.15, 0.2) is 48.5 Å². The molecule has 0 unspecified atom stereocenters. The largest absolute Gasteiger partial charge is 0.380 e. The van der Waals surface area contributed by atoms with Crippen molar-refractivity contribution < 1.29 is 9.53 Å². The zero-order valence-corrected chi connectivity index (χ0v) is 13.3. The van der Waals surface area contributed by atoms with Gasteiger partial charge in [0.15, 0.2) is 0 Å². The van der Waals surface area contributed by atoms with Gasteiger partial charge in [0, 0.05) is 32.0 Å². The van der Waals surface area contributed by atoms with Crippen LogP contribution in [0.1, 0.15) is 16.7 Å². The lowest BCUT2D eigenvalue weighted by atomic mass is 10.1. The van der Waals surface area contributed by atoms with Gasteiger partial charge in [0.05, 0.1) is 6.61 Å². The minimum Gasteiger partial charge on any atom is -0.380 e. The van der Waals surface area contributed by atoms with Gasteiger partial charge in [0.25, 0.3) is 0 Å². The average Bonchev–Trinajstić information content (AvgIpc) is 2.51. The summed E-state index contributed by atoms with van der Waals surface area (Å²) >= 11 is 0. The molecule has 0 bridgehead atoms. The van der Waals surface area contributed by atoms with Crippen molar-refractivity contribution in [2.75, 3.05) is 19.5 Å². The van der Waals surface area contributed by atoms with Gasteiger partial charge in [-0.25, -0.2) is 4.79 Å². The van der Waals surface area contributed by atoms with Crippen LogP contribution in [0, 0.1) is 6.92 Å². The van der Waals surface area contributed by atoms with Crippen LogP contribution >= 0.6 is 0 Å². The van der Waals surface area contributed by atoms with E-state index in [1.54, 1.807) is 19.1 Å². The lowest BCUT2D eigenvalue weighted by molar-refractivity contribution is 0.185. The molecule has 0 spiro atoms. The molecule has 0 saturated heterocycles. The zero-order valence-electron chi connectivity index (χ0n) is 13.3. The van der Waals surface area contributed by atoms with Crippen molar-refractivity contribution in [2.24, 2.45) is 0 Å². The highest BCUT2D eigenvalue weighted by molar-refractivity contribution is 5.89. The van der Waals surface area contributed by atoms with E-state index in [1.165, 1.54) is 5.56 Å². The van der Waals surface area contributed by atoms with Crippen LogP contribution in [0.2, 0.25) is 0 Å². The van der Waals surface area contributed by atoms with E-state index in [0.29, 0.717) is 13.2 Å². The number of urea groups is 1. The summed E-state index contributed by atoms with van der Waals surface area (Å²) in [6, 6.07) is 15.7. The molecule has 0 atom stereocenters. The molecule has 0 radical (unpaired) electrons. The third-order valence-electron chi connectivity index (χ3n) is 3.45. The third kappa shape index (κ3) is 4.33. The summed E-state index contributed by atoms with van der Waals surface area (Å²) in [5, 5.41) is 2.93. The molecular weight excluding hydrogens is 276 g/mol. The highest BCUT2D eigenvalue weighted by Gasteiger charge is 2.11. The summed E-state index contributed by atoms with van der Waals surface area (Å²) in [5.74, 6) is 0. The van der Waals surface area contributed by atoms with Crippen molar-refractivity contribution in [3.8, 4) is 0 Å². The number of carbonyl (C=O) groups excluding carboxylic acids is 1. The van der Waals surface area contributed by atoms with Crippen LogP contribution in [0.4, 0.5) is 10.5 Å². The molecule has 1 N–H and O–H groups in total. The Morgan fingerprint density at radius 2 is 1.82 bits per heavy atom. The topological polar surface area (TPSA) is 41.6 Å². The fourth-order valence-corrected chi connectivity index (χ4v) is 2.17. The molecule has 116 valence electrons. The molecule has 0 fully saturated rings. The molecule has 2 aromatic rings. The molecule has 2 rings (SSSR count). The number of para-hydroxylation sites is 1. The molecular formula is C18H22N2O2. The molecule has 0 aliphatic heterocycles. The Morgan fingerprint density at radius 3 is 2.50 bits per heavy atom. The molecule has 0 aliphatic rings. The third-order valence-corrected chi connectivity index (χ3v) is 3.45. The van der Waals surface area contributed by atoms with E-state index in [0.717, 1.165) is 16.8 Å². The molecule has 2 amide bonds. The maximum atomic E-state index is 12.3. The van der Waals surface area contributed by atoms with Crippen molar-refractivity contribution >= 4 is 11.7 Å². The zero-order chi connectivity index (χ0) is 15.9. The minimum absolute atomic E-state index is 0.135. The van der Waals surface area contributed by atoms with Crippen LogP contribution < -0.4 is 5.32 Å². The molecule has 2 aromatic carbocycles. The second-order valence-corrected chi connectivity index (χ2v) is 5.36. The second kappa shape index (κ2) is 7.61. The number of carbonyl (C=O) groups is 1. The van der Waals surface area contributed by atoms with Crippen LogP contribution in [0.3, 0.4) is 0 Å². The van der Waals surface area contributed by atoms with Gasteiger partial charge in [0.2, 0.25) is 0 Å². The first-order valence-corrected chi connectivity index (χ1v) is 7.24. The molecule has 0 heterocycles. The fraction of sp³-hybridized carbons (Fsp3) is 0.278. The summed E-state index contributed by atoms with van der Waals surface area (Å²) < 4.78 is 5.15. The molecule has 22 heavy (non-hydrogen) atoms. The molecule has 4 nitrogen and oxygen atoms in total. The summed E-state index contributed by atoms with van der Waals surface area (Å²) in [7, 11) is 3.43. The summed E-state index contributed by atoms with van der Waals surface area (Å²) in [6.07, 6.45) is 0. The summed E-state index contributed by atoms with van der Waals surface area (Å²) in [6.45, 7) is 3.09. The summed E-state index contributed by atoms with van der Waals surface area (Å²) in [4.78, 5) is 14.0. The van der Waals surface area contributed by atoms with E-state index in [9.17, 15) is 4.79 Å². The first-order chi connectivity index (χ1) is 10.6. The normalized spacial score (nSPS) is 10.3. The van der Waals surface area contributed by atoms with E-state index in [-0.39, 0.29) is 6.03 Å². The standard InChI is InChI=1S/C18H22N2O2/c1-14-8-10-15(11-9-14)12-20(2)18(21)19-17-7-5-4-6-16(17)13-22-3/h4-11H,12-13H2,1-3H3,(H,19,21). The van der Waals surface area contributed by atoms with Crippen molar-refractivity contribution in [1.82, 2.24) is 4.90 Å². The first kappa shape index (κ1) is 16.0. The van der Waals surface area contributed by atoms with Gasteiger partial charge in [-0.1, -0.05) is 48.0 Å². The van der Waals surface area contributed by atoms with Crippen molar-refractivity contribution in [3.63, 3.8) is 0 Å². The number of nitrogens with one attached hydrogen (secondary N) is 1. The fourth-order valence-electron chi connectivity index (χ4n) is 2.17. The van der Waals surface area contributed by atoms with Gasteiger partial charge in [-0.05, 0) is 18.6 Å². The van der Waals surface area contributed by atoms with E-state index < -0.39 is 0 Å². The second-order valence-electron chi connectivity index (χ2n) is 5.36. The molecule has 0 aromatic heterocycles. The van der Waals surface area contributed by atoms with Crippen LogP contribution in [-0.4, -0.2) is 25.1 Å². The number of nitrogens with zero attached hydrogens (tertiary/aromatic N) is 1. The van der Waals surface area contributed by atoms with Gasteiger partial charge in [-0.2, -0.15) is 0 Å². The number of hydrogen-bond acceptors (Lipinski definition) is 2. The highest BCUT2D eigenvalue weighted by Crippen LogP contribution is 2.16. The van der Waals surface area contributed by atoms with Gasteiger partial charge in [0.1, 0.15) is 0 Å². The first-order valence-electron chi connectivity index (χ1n) is 7.24. The van der Waals surface area contributed by atoms with Gasteiger partial charge in [-0.3, -0.25) is 0 Å². The van der Waals surface area contributed by atoms with E-state index in [1.807, 2.05) is 43.3 Å². The Morgan fingerprint density at radius 1 is 1.14 bits per heavy atom. The Bertz CT molecular complexity index is 623. The predicted molar refractivity (Wildman–Crippen MR) is 88.8 cm³/mol. The molecule has 4 heteroatoms. The quantitative estimate of drug-likeness (QED) is 0.912. The van der Waals surface area contributed by atoms with Gasteiger partial charge < -0.3 is 15.0 Å². The Balaban J connectivity index is 2.01. The number of hydrogen-bond donors (Lipinski definition) is 1. The number of anilines is 1. The minimum atomic E-state index is -0.135. The maximum Gasteiger partial charge on any atom is 0.321 e. The van der Waals surface area contributed by atoms with Crippen molar-refractivity contribution in [3.05, 3.63) is 65.2 Å². The van der Waals surface area contributed by atoms with Gasteiger partial charge >= 0.3 is 6.03 Å². The number of ether oxygens (including phenoxy) is 1. The van der Waals surface area contributed by atoms with Crippen LogP contribution in [0.5, 0.6) is 0 Å². The van der Waals surface area contributed by atoms with Crippen molar-refractivity contribution in [2.45, 2.75) is 20.1 Å². The number of benzene rings is 2. The molecule has 0 saturated carbocycles. The lowest BCUT2D eigenvalue weighted by Gasteiger charge is -2.19. The van der Waals surface area contributed by atoms with E-state index in [4.69, 9.17) is 4.74 Å². The highest BCUT2D eigenvalue weighted by atomic mass is 16.5. The van der Waals surface area contributed by atoms with E-state index in [2.05, 4.69) is 17.4 Å². The number of amides is 2. The SMILES string of the molecule is COCc1ccccc1NC(=O)N(C)Cc1ccc(C)cc1. The maximum absolute atomic E-state index is 12.3. The summed E-state index contributed by atoms with van der Waals surface area (Å²) in [5.41, 5.74) is 4.06. The van der Waals surface area contributed by atoms with Crippen molar-refractivity contribution in [1.29, 1.82) is 0 Å². The lowest BCUT2D eigenvalue weighted by Crippen LogP contribution is -2.31. The van der Waals surface area contributed by atoms with Crippen LogP contribution in [-0.2, 0) is 17.9 Å². The molecule has 0 aliphatic carbocycles. The number of methoxy groups -OCH3 is 1. The predicted octanol–water partition coefficient (Wildman–Crippen LogP) is 3.81. The smallest absolute Gasteiger partial charge is 0.321 e. The Kier molecular flexibility index (Phi) is 5.55. The van der Waals surface area contributed by atoms with Gasteiger partial charge in [-0.15, -0.1) is 0 Å². The Labute approximate surface area is 131 Å².